The van der Waals surface area contributed by atoms with Crippen molar-refractivity contribution in [2.75, 3.05) is 32.1 Å². The molecule has 0 radical (unpaired) electrons. The number of guanidine groups is 1. The summed E-state index contributed by atoms with van der Waals surface area (Å²) in [4.78, 5) is 4.18. The molecule has 5 heteroatoms. The molecule has 0 aliphatic heterocycles. The highest BCUT2D eigenvalue weighted by Gasteiger charge is 2.05. The first-order chi connectivity index (χ1) is 9.65. The average molecular weight is 295 g/mol. The smallest absolute Gasteiger partial charge is 0.191 e. The summed E-state index contributed by atoms with van der Waals surface area (Å²) in [5.41, 5.74) is 1.24. The maximum atomic E-state index is 5.84. The molecule has 1 unspecified atom stereocenters. The van der Waals surface area contributed by atoms with Crippen molar-refractivity contribution in [1.29, 1.82) is 0 Å². The third-order valence-electron chi connectivity index (χ3n) is 2.74. The third kappa shape index (κ3) is 6.70. The molecular weight excluding hydrogens is 270 g/mol. The van der Waals surface area contributed by atoms with Crippen LogP contribution < -0.4 is 15.4 Å². The van der Waals surface area contributed by atoms with Crippen molar-refractivity contribution in [2.24, 2.45) is 4.99 Å². The number of hydrogen-bond donors (Lipinski definition) is 2. The molecule has 0 aliphatic rings. The summed E-state index contributed by atoms with van der Waals surface area (Å²) in [6.07, 6.45) is 2.17. The number of benzene rings is 1. The monoisotopic (exact) mass is 295 g/mol. The van der Waals surface area contributed by atoms with Gasteiger partial charge in [-0.1, -0.05) is 17.7 Å². The molecule has 1 aromatic rings. The minimum absolute atomic E-state index is 0.0804. The molecule has 2 N–H and O–H groups in total. The van der Waals surface area contributed by atoms with E-state index in [1.165, 1.54) is 5.56 Å². The maximum Gasteiger partial charge on any atom is 0.191 e. The van der Waals surface area contributed by atoms with E-state index in [4.69, 9.17) is 4.74 Å². The Bertz CT molecular complexity index is 406. The second-order valence-electron chi connectivity index (χ2n) is 4.61. The van der Waals surface area contributed by atoms with E-state index >= 15 is 0 Å². The van der Waals surface area contributed by atoms with Gasteiger partial charge in [-0.05, 0) is 32.2 Å². The highest BCUT2D eigenvalue weighted by atomic mass is 32.2. The number of aryl methyl sites for hydroxylation is 1. The SMILES string of the molecule is CN=C(NCCSC)NCC(C)Oc1ccc(C)cc1. The van der Waals surface area contributed by atoms with Gasteiger partial charge in [-0.15, -0.1) is 0 Å². The Kier molecular flexibility index (Phi) is 7.95. The van der Waals surface area contributed by atoms with Crippen LogP contribution in [-0.2, 0) is 0 Å². The lowest BCUT2D eigenvalue weighted by molar-refractivity contribution is 0.224. The zero-order valence-corrected chi connectivity index (χ0v) is 13.6. The predicted octanol–water partition coefficient (Wildman–Crippen LogP) is 2.29. The summed E-state index contributed by atoms with van der Waals surface area (Å²) in [7, 11) is 1.78. The van der Waals surface area contributed by atoms with Gasteiger partial charge < -0.3 is 15.4 Å². The first-order valence-corrected chi connectivity index (χ1v) is 8.22. The Labute approximate surface area is 126 Å². The lowest BCUT2D eigenvalue weighted by atomic mass is 10.2. The topological polar surface area (TPSA) is 45.7 Å². The van der Waals surface area contributed by atoms with Crippen molar-refractivity contribution < 1.29 is 4.74 Å². The van der Waals surface area contributed by atoms with Gasteiger partial charge in [0.25, 0.3) is 0 Å². The highest BCUT2D eigenvalue weighted by Crippen LogP contribution is 2.12. The van der Waals surface area contributed by atoms with E-state index in [0.29, 0.717) is 6.54 Å². The van der Waals surface area contributed by atoms with E-state index in [1.54, 1.807) is 7.05 Å². The van der Waals surface area contributed by atoms with Gasteiger partial charge in [0, 0.05) is 19.3 Å². The van der Waals surface area contributed by atoms with Crippen molar-refractivity contribution in [3.8, 4) is 5.75 Å². The number of nitrogens with one attached hydrogen (secondary N) is 2. The number of aliphatic imine (C=N–C) groups is 1. The quantitative estimate of drug-likeness (QED) is 0.460. The average Bonchev–Trinajstić information content (AvgIpc) is 2.45. The summed E-state index contributed by atoms with van der Waals surface area (Å²) in [5.74, 6) is 2.78. The fourth-order valence-electron chi connectivity index (χ4n) is 1.62. The molecule has 0 amide bonds. The summed E-state index contributed by atoms with van der Waals surface area (Å²) < 4.78 is 5.84. The van der Waals surface area contributed by atoms with Gasteiger partial charge in [-0.25, -0.2) is 0 Å². The second kappa shape index (κ2) is 9.53. The molecule has 4 nitrogen and oxygen atoms in total. The molecule has 20 heavy (non-hydrogen) atoms. The van der Waals surface area contributed by atoms with Crippen LogP contribution in [0.15, 0.2) is 29.3 Å². The Hall–Kier alpha value is -1.36. The number of nitrogens with zero attached hydrogens (tertiary/aromatic N) is 1. The van der Waals surface area contributed by atoms with Crippen LogP contribution in [0.3, 0.4) is 0 Å². The van der Waals surface area contributed by atoms with Crippen molar-refractivity contribution in [3.05, 3.63) is 29.8 Å². The van der Waals surface area contributed by atoms with Crippen LogP contribution in [0.4, 0.5) is 0 Å². The van der Waals surface area contributed by atoms with E-state index in [9.17, 15) is 0 Å². The van der Waals surface area contributed by atoms with Crippen LogP contribution in [0, 0.1) is 6.92 Å². The summed E-state index contributed by atoms with van der Waals surface area (Å²) in [6, 6.07) is 8.10. The lowest BCUT2D eigenvalue weighted by Gasteiger charge is -2.17. The second-order valence-corrected chi connectivity index (χ2v) is 5.60. The first kappa shape index (κ1) is 16.7. The van der Waals surface area contributed by atoms with Crippen LogP contribution in [0.5, 0.6) is 5.75 Å². The van der Waals surface area contributed by atoms with E-state index in [-0.39, 0.29) is 6.10 Å². The van der Waals surface area contributed by atoms with E-state index < -0.39 is 0 Å². The molecule has 1 aromatic carbocycles. The molecule has 1 rings (SSSR count). The lowest BCUT2D eigenvalue weighted by Crippen LogP contribution is -2.42. The molecule has 0 saturated heterocycles. The Morgan fingerprint density at radius 1 is 1.30 bits per heavy atom. The molecule has 1 atom stereocenters. The van der Waals surface area contributed by atoms with Crippen LogP contribution in [0.1, 0.15) is 12.5 Å². The zero-order chi connectivity index (χ0) is 14.8. The molecule has 0 aromatic heterocycles. The molecule has 0 saturated carbocycles. The Balaban J connectivity index is 2.31. The molecule has 0 bridgehead atoms. The van der Waals surface area contributed by atoms with Gasteiger partial charge in [0.1, 0.15) is 11.9 Å². The standard InChI is InChI=1S/C15H25N3OS/c1-12-5-7-14(8-6-12)19-13(2)11-18-15(16-3)17-9-10-20-4/h5-8,13H,9-11H2,1-4H3,(H2,16,17,18). The summed E-state index contributed by atoms with van der Waals surface area (Å²) >= 11 is 1.81. The van der Waals surface area contributed by atoms with E-state index in [1.807, 2.05) is 30.8 Å². The maximum absolute atomic E-state index is 5.84. The van der Waals surface area contributed by atoms with Gasteiger partial charge in [-0.3, -0.25) is 4.99 Å². The number of hydrogen-bond acceptors (Lipinski definition) is 3. The van der Waals surface area contributed by atoms with E-state index in [0.717, 1.165) is 24.0 Å². The van der Waals surface area contributed by atoms with Crippen LogP contribution in [-0.4, -0.2) is 44.2 Å². The number of thioether (sulfide) groups is 1. The molecule has 0 aliphatic carbocycles. The Morgan fingerprint density at radius 2 is 2.00 bits per heavy atom. The van der Waals surface area contributed by atoms with Gasteiger partial charge in [0.05, 0.1) is 6.54 Å². The predicted molar refractivity (Wildman–Crippen MR) is 89.0 cm³/mol. The van der Waals surface area contributed by atoms with Crippen LogP contribution >= 0.6 is 11.8 Å². The van der Waals surface area contributed by atoms with Crippen molar-refractivity contribution >= 4 is 17.7 Å². The fourth-order valence-corrected chi connectivity index (χ4v) is 1.93. The molecular formula is C15H25N3OS. The van der Waals surface area contributed by atoms with Gasteiger partial charge in [0.2, 0.25) is 0 Å². The first-order valence-electron chi connectivity index (χ1n) is 6.82. The van der Waals surface area contributed by atoms with Gasteiger partial charge in [0.15, 0.2) is 5.96 Å². The van der Waals surface area contributed by atoms with E-state index in [2.05, 4.69) is 40.9 Å². The highest BCUT2D eigenvalue weighted by molar-refractivity contribution is 7.98. The van der Waals surface area contributed by atoms with Crippen molar-refractivity contribution in [3.63, 3.8) is 0 Å². The molecule has 0 heterocycles. The summed E-state index contributed by atoms with van der Waals surface area (Å²) in [5, 5.41) is 6.52. The number of rotatable bonds is 7. The third-order valence-corrected chi connectivity index (χ3v) is 3.35. The van der Waals surface area contributed by atoms with Crippen molar-refractivity contribution in [1.82, 2.24) is 10.6 Å². The normalized spacial score (nSPS) is 12.9. The molecule has 0 spiro atoms. The Morgan fingerprint density at radius 3 is 2.60 bits per heavy atom. The molecule has 0 fully saturated rings. The largest absolute Gasteiger partial charge is 0.489 e. The zero-order valence-electron chi connectivity index (χ0n) is 12.8. The number of ether oxygens (including phenoxy) is 1. The molecule has 112 valence electrons. The van der Waals surface area contributed by atoms with Crippen LogP contribution in [0.2, 0.25) is 0 Å². The van der Waals surface area contributed by atoms with Crippen LogP contribution in [0.25, 0.3) is 0 Å². The minimum Gasteiger partial charge on any atom is -0.489 e. The van der Waals surface area contributed by atoms with Gasteiger partial charge >= 0.3 is 0 Å². The fraction of sp³-hybridized carbons (Fsp3) is 0.533. The van der Waals surface area contributed by atoms with Gasteiger partial charge in [-0.2, -0.15) is 11.8 Å². The minimum atomic E-state index is 0.0804. The summed E-state index contributed by atoms with van der Waals surface area (Å²) in [6.45, 7) is 5.74. The van der Waals surface area contributed by atoms with Crippen molar-refractivity contribution in [2.45, 2.75) is 20.0 Å².